The molecule has 1 amide bonds. The van der Waals surface area contributed by atoms with Crippen molar-refractivity contribution in [3.63, 3.8) is 0 Å². The van der Waals surface area contributed by atoms with Crippen LogP contribution in [-0.4, -0.2) is 49.9 Å². The molecule has 0 bridgehead atoms. The minimum absolute atomic E-state index is 0.0455. The molecule has 8 heteroatoms. The van der Waals surface area contributed by atoms with Crippen LogP contribution in [0.1, 0.15) is 12.8 Å². The topological polar surface area (TPSA) is 79.8 Å². The third-order valence-corrected chi connectivity index (χ3v) is 6.95. The van der Waals surface area contributed by atoms with E-state index in [2.05, 4.69) is 4.98 Å². The van der Waals surface area contributed by atoms with Gasteiger partial charge in [0.1, 0.15) is 17.3 Å². The van der Waals surface area contributed by atoms with E-state index in [1.807, 2.05) is 24.3 Å². The van der Waals surface area contributed by atoms with Crippen molar-refractivity contribution in [1.82, 2.24) is 9.29 Å². The molecule has 0 atom stereocenters. The number of hydrogen-bond acceptors (Lipinski definition) is 5. The van der Waals surface area contributed by atoms with Gasteiger partial charge in [0, 0.05) is 31.4 Å². The number of hydrogen-bond donors (Lipinski definition) is 0. The van der Waals surface area contributed by atoms with Crippen molar-refractivity contribution in [2.75, 3.05) is 31.1 Å². The van der Waals surface area contributed by atoms with Crippen molar-refractivity contribution in [3.05, 3.63) is 48.8 Å². The zero-order chi connectivity index (χ0) is 18.9. The fraction of sp³-hybridized carbons (Fsp3) is 0.368. The van der Waals surface area contributed by atoms with Gasteiger partial charge < -0.3 is 9.64 Å². The summed E-state index contributed by atoms with van der Waals surface area (Å²) in [6, 6.07) is 10.7. The van der Waals surface area contributed by atoms with Gasteiger partial charge in [-0.1, -0.05) is 12.1 Å². The van der Waals surface area contributed by atoms with Gasteiger partial charge in [0.2, 0.25) is 15.9 Å². The highest BCUT2D eigenvalue weighted by molar-refractivity contribution is 7.89. The molecule has 4 rings (SSSR count). The van der Waals surface area contributed by atoms with Crippen LogP contribution in [0.4, 0.5) is 5.69 Å². The number of ether oxygens (including phenoxy) is 1. The Morgan fingerprint density at radius 1 is 1.07 bits per heavy atom. The van der Waals surface area contributed by atoms with Crippen LogP contribution in [0.2, 0.25) is 0 Å². The molecule has 142 valence electrons. The molecular formula is C19H21N3O4S. The highest BCUT2D eigenvalue weighted by Gasteiger charge is 2.35. The predicted molar refractivity (Wildman–Crippen MR) is 100 cm³/mol. The number of piperidine rings is 1. The zero-order valence-corrected chi connectivity index (χ0v) is 15.6. The first kappa shape index (κ1) is 17.9. The van der Waals surface area contributed by atoms with Gasteiger partial charge in [-0.05, 0) is 37.1 Å². The van der Waals surface area contributed by atoms with Crippen molar-refractivity contribution in [2.24, 2.45) is 5.92 Å². The van der Waals surface area contributed by atoms with Crippen molar-refractivity contribution < 1.29 is 17.9 Å². The molecule has 0 aliphatic carbocycles. The van der Waals surface area contributed by atoms with E-state index in [0.29, 0.717) is 44.8 Å². The SMILES string of the molecule is O=C(C1CCN(S(=O)(=O)c2cccnc2)CC1)N1CCOc2ccccc21. The number of rotatable bonds is 3. The van der Waals surface area contributed by atoms with E-state index in [4.69, 9.17) is 4.74 Å². The number of amides is 1. The number of sulfonamides is 1. The zero-order valence-electron chi connectivity index (χ0n) is 14.8. The number of carbonyl (C=O) groups excluding carboxylic acids is 1. The number of benzene rings is 1. The molecule has 27 heavy (non-hydrogen) atoms. The third kappa shape index (κ3) is 3.42. The van der Waals surface area contributed by atoms with Crippen LogP contribution in [0.15, 0.2) is 53.7 Å². The minimum Gasteiger partial charge on any atom is -0.490 e. The quantitative estimate of drug-likeness (QED) is 0.804. The molecule has 7 nitrogen and oxygen atoms in total. The second-order valence-electron chi connectivity index (χ2n) is 6.67. The normalized spacial score (nSPS) is 18.6. The van der Waals surface area contributed by atoms with Crippen LogP contribution in [-0.2, 0) is 14.8 Å². The van der Waals surface area contributed by atoms with Crippen LogP contribution >= 0.6 is 0 Å². The molecule has 3 heterocycles. The highest BCUT2D eigenvalue weighted by atomic mass is 32.2. The fourth-order valence-electron chi connectivity index (χ4n) is 3.61. The molecule has 2 aromatic rings. The average molecular weight is 387 g/mol. The monoisotopic (exact) mass is 387 g/mol. The van der Waals surface area contributed by atoms with Crippen molar-refractivity contribution in [3.8, 4) is 5.75 Å². The van der Waals surface area contributed by atoms with E-state index >= 15 is 0 Å². The fourth-order valence-corrected chi connectivity index (χ4v) is 5.04. The van der Waals surface area contributed by atoms with E-state index < -0.39 is 10.0 Å². The molecular weight excluding hydrogens is 366 g/mol. The minimum atomic E-state index is -3.56. The van der Waals surface area contributed by atoms with E-state index in [1.54, 1.807) is 23.2 Å². The smallest absolute Gasteiger partial charge is 0.244 e. The lowest BCUT2D eigenvalue weighted by Gasteiger charge is -2.35. The lowest BCUT2D eigenvalue weighted by Crippen LogP contribution is -2.46. The summed E-state index contributed by atoms with van der Waals surface area (Å²) >= 11 is 0. The summed E-state index contributed by atoms with van der Waals surface area (Å²) in [5, 5.41) is 0. The number of fused-ring (bicyclic) bond motifs is 1. The summed E-state index contributed by atoms with van der Waals surface area (Å²) in [7, 11) is -3.56. The number of anilines is 1. The standard InChI is InChI=1S/C19H21N3O4S/c23-19(22-12-13-26-18-6-2-1-5-17(18)22)15-7-10-21(11-8-15)27(24,25)16-4-3-9-20-14-16/h1-6,9,14-15H,7-8,10-13H2. The van der Waals surface area contributed by atoms with Crippen molar-refractivity contribution in [1.29, 1.82) is 0 Å². The second-order valence-corrected chi connectivity index (χ2v) is 8.61. The summed E-state index contributed by atoms with van der Waals surface area (Å²) in [6.45, 7) is 1.65. The predicted octanol–water partition coefficient (Wildman–Crippen LogP) is 1.91. The van der Waals surface area contributed by atoms with Gasteiger partial charge in [0.15, 0.2) is 0 Å². The van der Waals surface area contributed by atoms with E-state index in [-0.39, 0.29) is 16.7 Å². The Kier molecular flexibility index (Phi) is 4.84. The summed E-state index contributed by atoms with van der Waals surface area (Å²) in [5.41, 5.74) is 0.791. The van der Waals surface area contributed by atoms with E-state index in [9.17, 15) is 13.2 Å². The lowest BCUT2D eigenvalue weighted by molar-refractivity contribution is -0.123. The average Bonchev–Trinajstić information content (AvgIpc) is 2.73. The third-order valence-electron chi connectivity index (χ3n) is 5.07. The van der Waals surface area contributed by atoms with E-state index in [1.165, 1.54) is 10.5 Å². The highest BCUT2D eigenvalue weighted by Crippen LogP contribution is 2.33. The Morgan fingerprint density at radius 2 is 1.85 bits per heavy atom. The maximum atomic E-state index is 13.0. The molecule has 2 aliphatic heterocycles. The van der Waals surface area contributed by atoms with Gasteiger partial charge in [-0.15, -0.1) is 0 Å². The lowest BCUT2D eigenvalue weighted by atomic mass is 9.96. The number of nitrogens with zero attached hydrogens (tertiary/aromatic N) is 3. The summed E-state index contributed by atoms with van der Waals surface area (Å²) in [6.07, 6.45) is 3.93. The maximum Gasteiger partial charge on any atom is 0.244 e. The largest absolute Gasteiger partial charge is 0.490 e. The number of para-hydroxylation sites is 2. The molecule has 1 fully saturated rings. The van der Waals surface area contributed by atoms with Crippen LogP contribution in [0, 0.1) is 5.92 Å². The van der Waals surface area contributed by atoms with Crippen LogP contribution in [0.5, 0.6) is 5.75 Å². The first-order valence-electron chi connectivity index (χ1n) is 9.01. The Hall–Kier alpha value is -2.45. The summed E-state index contributed by atoms with van der Waals surface area (Å²) < 4.78 is 32.5. The van der Waals surface area contributed by atoms with Crippen LogP contribution in [0.3, 0.4) is 0 Å². The van der Waals surface area contributed by atoms with E-state index in [0.717, 1.165) is 5.69 Å². The number of aromatic nitrogens is 1. The molecule has 1 aromatic heterocycles. The molecule has 2 aliphatic rings. The first-order chi connectivity index (χ1) is 13.1. The van der Waals surface area contributed by atoms with Gasteiger partial charge in [-0.3, -0.25) is 9.78 Å². The molecule has 0 saturated carbocycles. The Morgan fingerprint density at radius 3 is 2.59 bits per heavy atom. The molecule has 0 radical (unpaired) electrons. The van der Waals surface area contributed by atoms with Gasteiger partial charge in [-0.2, -0.15) is 4.31 Å². The first-order valence-corrected chi connectivity index (χ1v) is 10.4. The Balaban J connectivity index is 1.45. The molecule has 0 N–H and O–H groups in total. The van der Waals surface area contributed by atoms with Crippen LogP contribution in [0.25, 0.3) is 0 Å². The molecule has 1 aromatic carbocycles. The molecule has 0 unspecified atom stereocenters. The second kappa shape index (κ2) is 7.28. The summed E-state index contributed by atoms with van der Waals surface area (Å²) in [4.78, 5) is 18.9. The maximum absolute atomic E-state index is 13.0. The van der Waals surface area contributed by atoms with Crippen molar-refractivity contribution >= 4 is 21.6 Å². The Bertz CT molecular complexity index is 925. The van der Waals surface area contributed by atoms with Gasteiger partial charge in [0.25, 0.3) is 0 Å². The van der Waals surface area contributed by atoms with Gasteiger partial charge in [-0.25, -0.2) is 8.42 Å². The summed E-state index contributed by atoms with van der Waals surface area (Å²) in [5.74, 6) is 0.578. The van der Waals surface area contributed by atoms with Gasteiger partial charge in [0.05, 0.1) is 12.2 Å². The Labute approximate surface area is 158 Å². The number of carbonyl (C=O) groups is 1. The van der Waals surface area contributed by atoms with Gasteiger partial charge >= 0.3 is 0 Å². The number of pyridine rings is 1. The van der Waals surface area contributed by atoms with Crippen LogP contribution < -0.4 is 9.64 Å². The molecule has 1 saturated heterocycles. The van der Waals surface area contributed by atoms with Crippen molar-refractivity contribution in [2.45, 2.75) is 17.7 Å². The molecule has 0 spiro atoms.